The van der Waals surface area contributed by atoms with E-state index in [0.29, 0.717) is 12.8 Å². The van der Waals surface area contributed by atoms with Gasteiger partial charge in [-0.05, 0) is 19.3 Å². The predicted molar refractivity (Wildman–Crippen MR) is 76.3 cm³/mol. The van der Waals surface area contributed by atoms with Crippen molar-refractivity contribution >= 4 is 21.7 Å². The lowest BCUT2D eigenvalue weighted by atomic mass is 9.84. The Balaban J connectivity index is 2.15. The molecule has 2 aliphatic rings. The summed E-state index contributed by atoms with van der Waals surface area (Å²) < 4.78 is 23.2. The second kappa shape index (κ2) is 6.31. The van der Waals surface area contributed by atoms with E-state index in [4.69, 9.17) is 10.8 Å². The van der Waals surface area contributed by atoms with E-state index in [9.17, 15) is 18.0 Å². The molecule has 3 N–H and O–H groups in total. The van der Waals surface area contributed by atoms with E-state index in [2.05, 4.69) is 0 Å². The molecule has 2 rings (SSSR count). The fraction of sp³-hybridized carbons (Fsp3) is 0.846. The van der Waals surface area contributed by atoms with Gasteiger partial charge in [-0.2, -0.15) is 0 Å². The van der Waals surface area contributed by atoms with Crippen molar-refractivity contribution in [3.63, 3.8) is 0 Å². The first-order chi connectivity index (χ1) is 9.80. The van der Waals surface area contributed by atoms with Gasteiger partial charge in [-0.1, -0.05) is 12.8 Å². The summed E-state index contributed by atoms with van der Waals surface area (Å²) in [6.07, 6.45) is 3.58. The molecule has 7 nitrogen and oxygen atoms in total. The molecular formula is C13H22N2O5S. The van der Waals surface area contributed by atoms with Crippen LogP contribution < -0.4 is 5.73 Å². The average molecular weight is 318 g/mol. The van der Waals surface area contributed by atoms with Crippen LogP contribution in [0.25, 0.3) is 0 Å². The highest BCUT2D eigenvalue weighted by Gasteiger charge is 2.39. The second-order valence-corrected chi connectivity index (χ2v) is 8.20. The molecule has 3 unspecified atom stereocenters. The normalized spacial score (nSPS) is 31.8. The van der Waals surface area contributed by atoms with Crippen LogP contribution in [-0.2, 0) is 19.4 Å². The maximum Gasteiger partial charge on any atom is 0.323 e. The standard InChI is InChI=1S/C13H22N2O5S/c14-11-4-2-1-3-10(11)13(18)15(7-12(16)17)9-5-6-21(19,20)8-9/h9-11H,1-8,14H2,(H,16,17). The Morgan fingerprint density at radius 3 is 2.38 bits per heavy atom. The van der Waals surface area contributed by atoms with Crippen LogP contribution in [0.15, 0.2) is 0 Å². The summed E-state index contributed by atoms with van der Waals surface area (Å²) in [6, 6.07) is -0.798. The number of nitrogens with two attached hydrogens (primary N) is 1. The first-order valence-corrected chi connectivity index (χ1v) is 9.10. The van der Waals surface area contributed by atoms with Crippen LogP contribution in [0.2, 0.25) is 0 Å². The van der Waals surface area contributed by atoms with Crippen LogP contribution in [-0.4, -0.2) is 60.4 Å². The molecule has 1 aliphatic heterocycles. The molecule has 2 fully saturated rings. The van der Waals surface area contributed by atoms with Gasteiger partial charge in [-0.25, -0.2) is 8.42 Å². The van der Waals surface area contributed by atoms with E-state index in [1.807, 2.05) is 0 Å². The molecule has 0 bridgehead atoms. The van der Waals surface area contributed by atoms with Gasteiger partial charge in [0.05, 0.1) is 17.4 Å². The number of carboxylic acid groups (broad SMARTS) is 1. The smallest absolute Gasteiger partial charge is 0.323 e. The number of carbonyl (C=O) groups is 2. The Morgan fingerprint density at radius 1 is 1.19 bits per heavy atom. The van der Waals surface area contributed by atoms with E-state index in [0.717, 1.165) is 19.3 Å². The summed E-state index contributed by atoms with van der Waals surface area (Å²) >= 11 is 0. The fourth-order valence-electron chi connectivity index (χ4n) is 3.23. The molecule has 21 heavy (non-hydrogen) atoms. The van der Waals surface area contributed by atoms with Gasteiger partial charge in [0.25, 0.3) is 0 Å². The summed E-state index contributed by atoms with van der Waals surface area (Å²) in [5.74, 6) is -1.95. The number of carboxylic acids is 1. The van der Waals surface area contributed by atoms with Crippen molar-refractivity contribution in [1.82, 2.24) is 4.90 Å². The molecule has 0 aromatic rings. The van der Waals surface area contributed by atoms with Crippen molar-refractivity contribution in [1.29, 1.82) is 0 Å². The van der Waals surface area contributed by atoms with Crippen LogP contribution in [0.4, 0.5) is 0 Å². The number of carbonyl (C=O) groups excluding carboxylic acids is 1. The molecule has 3 atom stereocenters. The molecule has 1 amide bonds. The minimum atomic E-state index is -3.17. The third-order valence-electron chi connectivity index (χ3n) is 4.37. The highest BCUT2D eigenvalue weighted by Crippen LogP contribution is 2.27. The van der Waals surface area contributed by atoms with Crippen LogP contribution in [0, 0.1) is 5.92 Å². The predicted octanol–water partition coefficient (Wildman–Crippen LogP) is -0.396. The number of hydrogen-bond donors (Lipinski definition) is 2. The van der Waals surface area contributed by atoms with Gasteiger partial charge in [-0.3, -0.25) is 9.59 Å². The number of amides is 1. The number of sulfone groups is 1. The highest BCUT2D eigenvalue weighted by atomic mass is 32.2. The van der Waals surface area contributed by atoms with Gasteiger partial charge < -0.3 is 15.7 Å². The maximum absolute atomic E-state index is 12.6. The third-order valence-corrected chi connectivity index (χ3v) is 6.12. The van der Waals surface area contributed by atoms with Gasteiger partial charge >= 0.3 is 5.97 Å². The first kappa shape index (κ1) is 16.2. The fourth-order valence-corrected chi connectivity index (χ4v) is 4.96. The zero-order valence-corrected chi connectivity index (χ0v) is 12.7. The van der Waals surface area contributed by atoms with Gasteiger partial charge in [0.2, 0.25) is 5.91 Å². The number of nitrogens with zero attached hydrogens (tertiary/aromatic N) is 1. The lowest BCUT2D eigenvalue weighted by Crippen LogP contribution is -2.51. The number of hydrogen-bond acceptors (Lipinski definition) is 5. The Kier molecular flexibility index (Phi) is 4.88. The summed E-state index contributed by atoms with van der Waals surface area (Å²) in [7, 11) is -3.17. The Labute approximate surface area is 124 Å². The van der Waals surface area contributed by atoms with Crippen molar-refractivity contribution in [2.24, 2.45) is 11.7 Å². The van der Waals surface area contributed by atoms with E-state index >= 15 is 0 Å². The molecule has 1 saturated carbocycles. The van der Waals surface area contributed by atoms with Crippen molar-refractivity contribution in [3.8, 4) is 0 Å². The molecule has 120 valence electrons. The van der Waals surface area contributed by atoms with Crippen molar-refractivity contribution in [2.45, 2.75) is 44.2 Å². The van der Waals surface area contributed by atoms with Crippen LogP contribution >= 0.6 is 0 Å². The van der Waals surface area contributed by atoms with E-state index in [-0.39, 0.29) is 29.4 Å². The van der Waals surface area contributed by atoms with Gasteiger partial charge in [-0.15, -0.1) is 0 Å². The van der Waals surface area contributed by atoms with Crippen LogP contribution in [0.3, 0.4) is 0 Å². The summed E-state index contributed by atoms with van der Waals surface area (Å²) in [6.45, 7) is -0.456. The van der Waals surface area contributed by atoms with E-state index in [1.165, 1.54) is 4.90 Å². The SMILES string of the molecule is NC1CCCCC1C(=O)N(CC(=O)O)C1CCS(=O)(=O)C1. The summed E-state index contributed by atoms with van der Waals surface area (Å²) in [5, 5.41) is 9.01. The molecule has 0 radical (unpaired) electrons. The van der Waals surface area contributed by atoms with E-state index in [1.54, 1.807) is 0 Å². The first-order valence-electron chi connectivity index (χ1n) is 7.28. The molecule has 1 saturated heterocycles. The lowest BCUT2D eigenvalue weighted by molar-refractivity contribution is -0.148. The summed E-state index contributed by atoms with van der Waals surface area (Å²) in [4.78, 5) is 24.9. The monoisotopic (exact) mass is 318 g/mol. The number of aliphatic carboxylic acids is 1. The van der Waals surface area contributed by atoms with Gasteiger partial charge in [0.1, 0.15) is 6.54 Å². The summed E-state index contributed by atoms with van der Waals surface area (Å²) in [5.41, 5.74) is 5.99. The van der Waals surface area contributed by atoms with Crippen molar-refractivity contribution in [3.05, 3.63) is 0 Å². The zero-order valence-electron chi connectivity index (χ0n) is 11.9. The second-order valence-electron chi connectivity index (χ2n) is 5.97. The molecule has 0 aromatic heterocycles. The average Bonchev–Trinajstić information content (AvgIpc) is 2.76. The molecule has 8 heteroatoms. The Bertz CT molecular complexity index is 519. The van der Waals surface area contributed by atoms with Crippen molar-refractivity contribution < 1.29 is 23.1 Å². The van der Waals surface area contributed by atoms with Crippen LogP contribution in [0.1, 0.15) is 32.1 Å². The van der Waals surface area contributed by atoms with Crippen LogP contribution in [0.5, 0.6) is 0 Å². The Hall–Kier alpha value is -1.15. The quantitative estimate of drug-likeness (QED) is 0.728. The minimum absolute atomic E-state index is 0.0117. The molecule has 1 heterocycles. The maximum atomic E-state index is 12.6. The molecular weight excluding hydrogens is 296 g/mol. The zero-order chi connectivity index (χ0) is 15.6. The largest absolute Gasteiger partial charge is 0.480 e. The molecule has 0 aromatic carbocycles. The van der Waals surface area contributed by atoms with Crippen molar-refractivity contribution in [2.75, 3.05) is 18.1 Å². The van der Waals surface area contributed by atoms with Gasteiger partial charge in [0, 0.05) is 12.1 Å². The Morgan fingerprint density at radius 2 is 1.86 bits per heavy atom. The van der Waals surface area contributed by atoms with Gasteiger partial charge in [0.15, 0.2) is 9.84 Å². The third kappa shape index (κ3) is 3.94. The minimum Gasteiger partial charge on any atom is -0.480 e. The topological polar surface area (TPSA) is 118 Å². The molecule has 1 aliphatic carbocycles. The number of rotatable bonds is 4. The van der Waals surface area contributed by atoms with E-state index < -0.39 is 28.4 Å². The molecule has 0 spiro atoms. The highest BCUT2D eigenvalue weighted by molar-refractivity contribution is 7.91. The lowest BCUT2D eigenvalue weighted by Gasteiger charge is -2.34.